The van der Waals surface area contributed by atoms with Gasteiger partial charge in [-0.25, -0.2) is 9.78 Å². The molecule has 0 aliphatic carbocycles. The number of amides is 1. The summed E-state index contributed by atoms with van der Waals surface area (Å²) in [4.78, 5) is 28.4. The Kier molecular flexibility index (Phi) is 6.06. The van der Waals surface area contributed by atoms with Crippen molar-refractivity contribution in [2.45, 2.75) is 20.5 Å². The van der Waals surface area contributed by atoms with Crippen LogP contribution in [0.1, 0.15) is 37.0 Å². The van der Waals surface area contributed by atoms with Crippen molar-refractivity contribution < 1.29 is 19.1 Å². The van der Waals surface area contributed by atoms with E-state index < -0.39 is 5.97 Å². The van der Waals surface area contributed by atoms with Gasteiger partial charge in [0.2, 0.25) is 0 Å². The lowest BCUT2D eigenvalue weighted by atomic mass is 10.1. The molecule has 0 fully saturated rings. The van der Waals surface area contributed by atoms with Gasteiger partial charge in [-0.1, -0.05) is 0 Å². The van der Waals surface area contributed by atoms with E-state index in [2.05, 4.69) is 10.3 Å². The van der Waals surface area contributed by atoms with Crippen LogP contribution in [0.25, 0.3) is 0 Å². The van der Waals surface area contributed by atoms with Crippen LogP contribution in [0.15, 0.2) is 47.8 Å². The van der Waals surface area contributed by atoms with Crippen LogP contribution < -0.4 is 10.1 Å². The normalized spacial score (nSPS) is 10.4. The third kappa shape index (κ3) is 4.75. The lowest BCUT2D eigenvalue weighted by Gasteiger charge is -2.10. The minimum atomic E-state index is -0.413. The summed E-state index contributed by atoms with van der Waals surface area (Å²) in [5.74, 6) is 0.0146. The van der Waals surface area contributed by atoms with E-state index >= 15 is 0 Å². The molecule has 0 aliphatic rings. The smallest absolute Gasteiger partial charge is 0.337 e. The molecule has 1 heterocycles. The predicted molar refractivity (Wildman–Crippen MR) is 108 cm³/mol. The Morgan fingerprint density at radius 1 is 1.07 bits per heavy atom. The van der Waals surface area contributed by atoms with E-state index in [9.17, 15) is 9.59 Å². The first-order valence-electron chi connectivity index (χ1n) is 8.60. The maximum Gasteiger partial charge on any atom is 0.337 e. The Balaban J connectivity index is 1.62. The summed E-state index contributed by atoms with van der Waals surface area (Å²) < 4.78 is 10.4. The summed E-state index contributed by atoms with van der Waals surface area (Å²) in [5.41, 5.74) is 3.24. The SMILES string of the molecule is COC(=O)c1ccc(NC(=O)c2ccc(OCc3csc(C)n3)cc2)c(C)c1. The summed E-state index contributed by atoms with van der Waals surface area (Å²) in [6, 6.07) is 11.9. The number of ether oxygens (including phenoxy) is 2. The molecule has 0 aliphatic heterocycles. The number of rotatable bonds is 6. The van der Waals surface area contributed by atoms with Gasteiger partial charge in [-0.2, -0.15) is 0 Å². The van der Waals surface area contributed by atoms with Gasteiger partial charge < -0.3 is 14.8 Å². The lowest BCUT2D eigenvalue weighted by Crippen LogP contribution is -2.13. The average Bonchev–Trinajstić information content (AvgIpc) is 3.12. The largest absolute Gasteiger partial charge is 0.487 e. The first-order chi connectivity index (χ1) is 13.5. The zero-order valence-corrected chi connectivity index (χ0v) is 16.6. The van der Waals surface area contributed by atoms with Crippen molar-refractivity contribution >= 4 is 28.9 Å². The first kappa shape index (κ1) is 19.6. The van der Waals surface area contributed by atoms with Crippen molar-refractivity contribution in [2.75, 3.05) is 12.4 Å². The van der Waals surface area contributed by atoms with Gasteiger partial charge >= 0.3 is 5.97 Å². The summed E-state index contributed by atoms with van der Waals surface area (Å²) >= 11 is 1.58. The van der Waals surface area contributed by atoms with Crippen LogP contribution in [0.3, 0.4) is 0 Å². The Bertz CT molecular complexity index is 996. The van der Waals surface area contributed by atoms with E-state index in [4.69, 9.17) is 9.47 Å². The molecule has 144 valence electrons. The summed E-state index contributed by atoms with van der Waals surface area (Å²) in [6.45, 7) is 4.16. The molecule has 2 aromatic carbocycles. The molecule has 7 heteroatoms. The molecule has 1 aromatic heterocycles. The van der Waals surface area contributed by atoms with E-state index in [1.807, 2.05) is 19.2 Å². The van der Waals surface area contributed by atoms with Crippen LogP contribution in [-0.4, -0.2) is 24.0 Å². The van der Waals surface area contributed by atoms with Crippen molar-refractivity contribution in [3.05, 3.63) is 75.2 Å². The average molecular weight is 396 g/mol. The van der Waals surface area contributed by atoms with E-state index in [0.717, 1.165) is 16.3 Å². The quantitative estimate of drug-likeness (QED) is 0.626. The number of benzene rings is 2. The molecule has 28 heavy (non-hydrogen) atoms. The molecule has 6 nitrogen and oxygen atoms in total. The van der Waals surface area contributed by atoms with E-state index in [0.29, 0.717) is 29.2 Å². The van der Waals surface area contributed by atoms with Gasteiger partial charge in [0.25, 0.3) is 5.91 Å². The molecule has 1 amide bonds. The van der Waals surface area contributed by atoms with E-state index in [-0.39, 0.29) is 5.91 Å². The topological polar surface area (TPSA) is 77.5 Å². The molecule has 0 spiro atoms. The zero-order chi connectivity index (χ0) is 20.1. The van der Waals surface area contributed by atoms with Crippen molar-refractivity contribution in [1.29, 1.82) is 0 Å². The number of aryl methyl sites for hydroxylation is 2. The molecule has 1 N–H and O–H groups in total. The maximum atomic E-state index is 12.5. The number of methoxy groups -OCH3 is 1. The van der Waals surface area contributed by atoms with Gasteiger partial charge in [0.15, 0.2) is 0 Å². The highest BCUT2D eigenvalue weighted by Gasteiger charge is 2.11. The van der Waals surface area contributed by atoms with Crippen molar-refractivity contribution in [3.63, 3.8) is 0 Å². The van der Waals surface area contributed by atoms with E-state index in [1.165, 1.54) is 7.11 Å². The monoisotopic (exact) mass is 396 g/mol. The number of carbonyl (C=O) groups excluding carboxylic acids is 2. The molecule has 0 atom stereocenters. The first-order valence-corrected chi connectivity index (χ1v) is 9.48. The second kappa shape index (κ2) is 8.67. The fourth-order valence-electron chi connectivity index (χ4n) is 2.58. The third-order valence-electron chi connectivity index (χ3n) is 4.07. The van der Waals surface area contributed by atoms with E-state index in [1.54, 1.807) is 53.8 Å². The molecule has 3 rings (SSSR count). The summed E-state index contributed by atoms with van der Waals surface area (Å²) in [7, 11) is 1.33. The number of thiazole rings is 1. The molecular weight excluding hydrogens is 376 g/mol. The number of carbonyl (C=O) groups is 2. The van der Waals surface area contributed by atoms with Gasteiger partial charge in [-0.3, -0.25) is 4.79 Å². The number of hydrogen-bond donors (Lipinski definition) is 1. The molecule has 0 radical (unpaired) electrons. The standard InChI is InChI=1S/C21H20N2O4S/c1-13-10-16(21(25)26-3)6-9-19(13)23-20(24)15-4-7-18(8-5-15)27-11-17-12-28-14(2)22-17/h4-10,12H,11H2,1-3H3,(H,23,24). The van der Waals surface area contributed by atoms with Crippen LogP contribution in [0.2, 0.25) is 0 Å². The highest BCUT2D eigenvalue weighted by atomic mass is 32.1. The molecular formula is C21H20N2O4S. The zero-order valence-electron chi connectivity index (χ0n) is 15.8. The Hall–Kier alpha value is -3.19. The molecule has 0 bridgehead atoms. The Morgan fingerprint density at radius 3 is 2.39 bits per heavy atom. The maximum absolute atomic E-state index is 12.5. The molecule has 0 unspecified atom stereocenters. The van der Waals surface area contributed by atoms with Gasteiger partial charge in [-0.05, 0) is 61.9 Å². The summed E-state index contributed by atoms with van der Waals surface area (Å²) in [6.07, 6.45) is 0. The van der Waals surface area contributed by atoms with Crippen LogP contribution >= 0.6 is 11.3 Å². The number of hydrogen-bond acceptors (Lipinski definition) is 6. The van der Waals surface area contributed by atoms with Crippen LogP contribution in [0.5, 0.6) is 5.75 Å². The Labute approximate surface area is 167 Å². The predicted octanol–water partition coefficient (Wildman–Crippen LogP) is 4.38. The highest BCUT2D eigenvalue weighted by molar-refractivity contribution is 7.09. The van der Waals surface area contributed by atoms with Crippen LogP contribution in [0, 0.1) is 13.8 Å². The minimum Gasteiger partial charge on any atom is -0.487 e. The van der Waals surface area contributed by atoms with Crippen molar-refractivity contribution in [3.8, 4) is 5.75 Å². The number of esters is 1. The fraction of sp³-hybridized carbons (Fsp3) is 0.190. The fourth-order valence-corrected chi connectivity index (χ4v) is 3.17. The number of nitrogens with one attached hydrogen (secondary N) is 1. The van der Waals surface area contributed by atoms with Gasteiger partial charge in [0, 0.05) is 16.6 Å². The minimum absolute atomic E-state index is 0.240. The van der Waals surface area contributed by atoms with Crippen LogP contribution in [0.4, 0.5) is 5.69 Å². The molecule has 0 saturated heterocycles. The number of nitrogens with zero attached hydrogens (tertiary/aromatic N) is 1. The molecule has 3 aromatic rings. The van der Waals surface area contributed by atoms with Gasteiger partial charge in [-0.15, -0.1) is 11.3 Å². The van der Waals surface area contributed by atoms with Crippen LogP contribution in [-0.2, 0) is 11.3 Å². The number of aromatic nitrogens is 1. The highest BCUT2D eigenvalue weighted by Crippen LogP contribution is 2.20. The van der Waals surface area contributed by atoms with Crippen molar-refractivity contribution in [1.82, 2.24) is 4.98 Å². The third-order valence-corrected chi connectivity index (χ3v) is 4.89. The van der Waals surface area contributed by atoms with Gasteiger partial charge in [0.1, 0.15) is 12.4 Å². The summed E-state index contributed by atoms with van der Waals surface area (Å²) in [5, 5.41) is 5.81. The molecule has 0 saturated carbocycles. The van der Waals surface area contributed by atoms with Crippen molar-refractivity contribution in [2.24, 2.45) is 0 Å². The number of anilines is 1. The lowest BCUT2D eigenvalue weighted by molar-refractivity contribution is 0.0600. The second-order valence-corrected chi connectivity index (χ2v) is 7.21. The van der Waals surface area contributed by atoms with Gasteiger partial charge in [0.05, 0.1) is 23.4 Å². The second-order valence-electron chi connectivity index (χ2n) is 6.15. The Morgan fingerprint density at radius 2 is 1.79 bits per heavy atom.